The van der Waals surface area contributed by atoms with Crippen LogP contribution in [-0.4, -0.2) is 53.5 Å². The zero-order chi connectivity index (χ0) is 29.9. The summed E-state index contributed by atoms with van der Waals surface area (Å²) in [4.78, 5) is 45.2. The Balaban J connectivity index is 1.39. The SMILES string of the molecule is CCC(=O)[C@H](CN1[C@H](c2ccc3occc3c2)c2[nH]c3ccccc3c2C[C@@H]1C(=O)OC)NC(=O)OCc1ccccc1. The Morgan fingerprint density at radius 2 is 1.84 bits per heavy atom. The monoisotopic (exact) mass is 579 g/mol. The maximum atomic E-state index is 13.4. The van der Waals surface area contributed by atoms with E-state index in [0.29, 0.717) is 6.42 Å². The number of rotatable bonds is 9. The average molecular weight is 580 g/mol. The van der Waals surface area contributed by atoms with E-state index in [1.165, 1.54) is 7.11 Å². The number of alkyl carbamates (subject to hydrolysis) is 1. The molecule has 0 radical (unpaired) electrons. The maximum absolute atomic E-state index is 13.4. The summed E-state index contributed by atoms with van der Waals surface area (Å²) in [6.07, 6.45) is 1.51. The number of aromatic amines is 1. The van der Waals surface area contributed by atoms with Gasteiger partial charge in [-0.25, -0.2) is 4.79 Å². The van der Waals surface area contributed by atoms with Gasteiger partial charge in [0.1, 0.15) is 24.3 Å². The summed E-state index contributed by atoms with van der Waals surface area (Å²) in [6, 6.07) is 23.0. The van der Waals surface area contributed by atoms with Crippen molar-refractivity contribution in [2.24, 2.45) is 0 Å². The predicted molar refractivity (Wildman–Crippen MR) is 161 cm³/mol. The molecule has 0 aliphatic carbocycles. The van der Waals surface area contributed by atoms with Gasteiger partial charge in [-0.2, -0.15) is 0 Å². The van der Waals surface area contributed by atoms with Crippen LogP contribution in [0.3, 0.4) is 0 Å². The highest BCUT2D eigenvalue weighted by molar-refractivity contribution is 5.89. The minimum Gasteiger partial charge on any atom is -0.468 e. The summed E-state index contributed by atoms with van der Waals surface area (Å²) in [5.74, 6) is -0.591. The van der Waals surface area contributed by atoms with E-state index in [0.717, 1.165) is 44.3 Å². The number of hydrogen-bond acceptors (Lipinski definition) is 7. The third kappa shape index (κ3) is 5.63. The number of hydrogen-bond donors (Lipinski definition) is 2. The molecule has 3 heterocycles. The zero-order valence-electron chi connectivity index (χ0n) is 24.0. The number of benzene rings is 3. The highest BCUT2D eigenvalue weighted by atomic mass is 16.5. The number of H-pyrrole nitrogens is 1. The number of fused-ring (bicyclic) bond motifs is 4. The van der Waals surface area contributed by atoms with Gasteiger partial charge in [0.15, 0.2) is 5.78 Å². The fourth-order valence-corrected chi connectivity index (χ4v) is 6.02. The zero-order valence-corrected chi connectivity index (χ0v) is 24.0. The number of para-hydroxylation sites is 1. The predicted octanol–water partition coefficient (Wildman–Crippen LogP) is 5.68. The summed E-state index contributed by atoms with van der Waals surface area (Å²) in [5.41, 5.74) is 5.39. The normalized spacial score (nSPS) is 17.3. The fraction of sp³-hybridized carbons (Fsp3) is 0.265. The van der Waals surface area contributed by atoms with Crippen molar-refractivity contribution >= 4 is 39.7 Å². The number of aromatic nitrogens is 1. The molecular weight excluding hydrogens is 546 g/mol. The van der Waals surface area contributed by atoms with Gasteiger partial charge in [-0.1, -0.05) is 61.5 Å². The van der Waals surface area contributed by atoms with E-state index in [9.17, 15) is 14.4 Å². The minimum absolute atomic E-state index is 0.0653. The number of nitrogens with one attached hydrogen (secondary N) is 2. The molecule has 0 saturated carbocycles. The molecular formula is C34H33N3O6. The number of esters is 1. The second kappa shape index (κ2) is 12.1. The molecule has 9 heteroatoms. The van der Waals surface area contributed by atoms with E-state index in [1.807, 2.05) is 83.8 Å². The van der Waals surface area contributed by atoms with Crippen molar-refractivity contribution in [3.8, 4) is 0 Å². The summed E-state index contributed by atoms with van der Waals surface area (Å²) in [5, 5.41) is 4.73. The molecule has 2 aromatic heterocycles. The van der Waals surface area contributed by atoms with Gasteiger partial charge in [0, 0.05) is 41.4 Å². The first-order chi connectivity index (χ1) is 21.0. The summed E-state index contributed by atoms with van der Waals surface area (Å²) >= 11 is 0. The molecule has 5 aromatic rings. The van der Waals surface area contributed by atoms with Crippen LogP contribution in [0.15, 0.2) is 89.5 Å². The molecule has 0 unspecified atom stereocenters. The van der Waals surface area contributed by atoms with Crippen LogP contribution in [0.4, 0.5) is 4.79 Å². The highest BCUT2D eigenvalue weighted by Crippen LogP contribution is 2.42. The molecule has 9 nitrogen and oxygen atoms in total. The minimum atomic E-state index is -0.925. The van der Waals surface area contributed by atoms with Crippen molar-refractivity contribution in [2.45, 2.75) is 44.5 Å². The molecule has 220 valence electrons. The molecule has 0 bridgehead atoms. The lowest BCUT2D eigenvalue weighted by molar-refractivity contribution is -0.148. The van der Waals surface area contributed by atoms with Crippen molar-refractivity contribution in [2.75, 3.05) is 13.7 Å². The first-order valence-corrected chi connectivity index (χ1v) is 14.4. The van der Waals surface area contributed by atoms with Crippen LogP contribution in [0.2, 0.25) is 0 Å². The molecule has 3 aromatic carbocycles. The topological polar surface area (TPSA) is 114 Å². The van der Waals surface area contributed by atoms with E-state index in [4.69, 9.17) is 13.9 Å². The van der Waals surface area contributed by atoms with Gasteiger partial charge in [0.2, 0.25) is 0 Å². The Morgan fingerprint density at radius 1 is 1.05 bits per heavy atom. The van der Waals surface area contributed by atoms with Crippen molar-refractivity contribution in [3.05, 3.63) is 108 Å². The van der Waals surface area contributed by atoms with E-state index in [-0.39, 0.29) is 25.4 Å². The Kier molecular flexibility index (Phi) is 7.98. The van der Waals surface area contributed by atoms with E-state index >= 15 is 0 Å². The molecule has 0 spiro atoms. The van der Waals surface area contributed by atoms with Gasteiger partial charge < -0.3 is 24.2 Å². The standard InChI is InChI=1S/C34H33N3O6/c1-3-29(38)27(36-34(40)43-20-21-9-5-4-6-10-21)19-37-28(33(39)41-2)18-25-24-11-7-8-12-26(24)35-31(25)32(37)23-13-14-30-22(17-23)15-16-42-30/h4-17,27-28,32,35H,3,18-20H2,1-2H3,(H,36,40)/t27-,28+,32+/m0/s1. The van der Waals surface area contributed by atoms with Gasteiger partial charge in [-0.15, -0.1) is 0 Å². The first-order valence-electron chi connectivity index (χ1n) is 14.4. The second-order valence-electron chi connectivity index (χ2n) is 10.7. The first kappa shape index (κ1) is 28.2. The van der Waals surface area contributed by atoms with Crippen LogP contribution in [0.5, 0.6) is 0 Å². The lowest BCUT2D eigenvalue weighted by Crippen LogP contribution is -2.56. The molecule has 3 atom stereocenters. The number of ketones is 1. The Morgan fingerprint density at radius 3 is 2.63 bits per heavy atom. The van der Waals surface area contributed by atoms with Crippen LogP contribution in [-0.2, 0) is 32.1 Å². The lowest BCUT2D eigenvalue weighted by atomic mass is 9.87. The maximum Gasteiger partial charge on any atom is 0.408 e. The van der Waals surface area contributed by atoms with Crippen LogP contribution in [0.1, 0.15) is 41.8 Å². The Bertz CT molecular complexity index is 1770. The number of methoxy groups -OCH3 is 1. The fourth-order valence-electron chi connectivity index (χ4n) is 6.02. The van der Waals surface area contributed by atoms with Gasteiger partial charge in [-0.05, 0) is 41.0 Å². The summed E-state index contributed by atoms with van der Waals surface area (Å²) < 4.78 is 16.3. The van der Waals surface area contributed by atoms with Crippen LogP contribution >= 0.6 is 0 Å². The highest BCUT2D eigenvalue weighted by Gasteiger charge is 2.43. The number of amides is 1. The number of furan rings is 1. The molecule has 1 amide bonds. The molecule has 1 aliphatic rings. The van der Waals surface area contributed by atoms with Crippen molar-refractivity contribution in [3.63, 3.8) is 0 Å². The smallest absolute Gasteiger partial charge is 0.408 e. The number of Topliss-reactive ketones (excluding diaryl/α,β-unsaturated/α-hetero) is 1. The molecule has 2 N–H and O–H groups in total. The van der Waals surface area contributed by atoms with Crippen LogP contribution < -0.4 is 5.32 Å². The van der Waals surface area contributed by atoms with Crippen molar-refractivity contribution < 1.29 is 28.3 Å². The largest absolute Gasteiger partial charge is 0.468 e. The number of carbonyl (C=O) groups is 3. The van der Waals surface area contributed by atoms with Gasteiger partial charge >= 0.3 is 12.1 Å². The van der Waals surface area contributed by atoms with Crippen LogP contribution in [0, 0.1) is 0 Å². The Hall–Kier alpha value is -4.89. The Labute approximate surface area is 248 Å². The third-order valence-electron chi connectivity index (χ3n) is 8.15. The van der Waals surface area contributed by atoms with Gasteiger partial charge in [-0.3, -0.25) is 14.5 Å². The molecule has 0 saturated heterocycles. The molecule has 0 fully saturated rings. The van der Waals surface area contributed by atoms with Crippen molar-refractivity contribution in [1.82, 2.24) is 15.2 Å². The third-order valence-corrected chi connectivity index (χ3v) is 8.15. The summed E-state index contributed by atoms with van der Waals surface area (Å²) in [6.45, 7) is 1.89. The number of carbonyl (C=O) groups excluding carboxylic acids is 3. The second-order valence-corrected chi connectivity index (χ2v) is 10.7. The number of nitrogens with zero attached hydrogens (tertiary/aromatic N) is 1. The van der Waals surface area contributed by atoms with E-state index < -0.39 is 30.2 Å². The van der Waals surface area contributed by atoms with E-state index in [2.05, 4.69) is 10.3 Å². The van der Waals surface area contributed by atoms with Crippen LogP contribution in [0.25, 0.3) is 21.9 Å². The molecule has 43 heavy (non-hydrogen) atoms. The molecule has 6 rings (SSSR count). The van der Waals surface area contributed by atoms with E-state index in [1.54, 1.807) is 13.2 Å². The van der Waals surface area contributed by atoms with Crippen molar-refractivity contribution in [1.29, 1.82) is 0 Å². The quantitative estimate of drug-likeness (QED) is 0.216. The van der Waals surface area contributed by atoms with Gasteiger partial charge in [0.25, 0.3) is 0 Å². The number of ether oxygens (including phenoxy) is 2. The molecule has 1 aliphatic heterocycles. The van der Waals surface area contributed by atoms with Gasteiger partial charge in [0.05, 0.1) is 19.4 Å². The lowest BCUT2D eigenvalue weighted by Gasteiger charge is -2.42. The average Bonchev–Trinajstić information content (AvgIpc) is 3.67. The summed E-state index contributed by atoms with van der Waals surface area (Å²) in [7, 11) is 1.37.